The van der Waals surface area contributed by atoms with Gasteiger partial charge in [0.15, 0.2) is 11.6 Å². The lowest BCUT2D eigenvalue weighted by Gasteiger charge is -2.38. The first kappa shape index (κ1) is 15.1. The van der Waals surface area contributed by atoms with Crippen molar-refractivity contribution in [1.29, 1.82) is 0 Å². The molecule has 1 saturated heterocycles. The Labute approximate surface area is 121 Å². The van der Waals surface area contributed by atoms with Crippen LogP contribution in [-0.2, 0) is 4.79 Å². The zero-order valence-electron chi connectivity index (χ0n) is 11.6. The number of carboxylic acid groups (broad SMARTS) is 1. The first-order valence-corrected chi connectivity index (χ1v) is 6.69. The number of urea groups is 1. The third-order valence-corrected chi connectivity index (χ3v) is 3.19. The maximum absolute atomic E-state index is 13.6. The van der Waals surface area contributed by atoms with Crippen LogP contribution in [0.25, 0.3) is 0 Å². The van der Waals surface area contributed by atoms with Gasteiger partial charge in [-0.05, 0) is 19.1 Å². The third kappa shape index (κ3) is 3.84. The van der Waals surface area contributed by atoms with Crippen molar-refractivity contribution in [3.05, 3.63) is 24.0 Å². The van der Waals surface area contributed by atoms with E-state index in [1.54, 1.807) is 13.0 Å². The van der Waals surface area contributed by atoms with Gasteiger partial charge in [-0.15, -0.1) is 0 Å². The molecular weight excluding hydrogens is 279 g/mol. The summed E-state index contributed by atoms with van der Waals surface area (Å²) in [6, 6.07) is 3.84. The van der Waals surface area contributed by atoms with Crippen molar-refractivity contribution in [3.63, 3.8) is 0 Å². The SMILES string of the molecule is CCOc1ccc(NC(=O)N2CC(CC(=O)O)C2)cc1F. The summed E-state index contributed by atoms with van der Waals surface area (Å²) in [7, 11) is 0. The summed E-state index contributed by atoms with van der Waals surface area (Å²) >= 11 is 0. The average Bonchev–Trinajstić information content (AvgIpc) is 2.36. The number of halogens is 1. The molecule has 1 aromatic carbocycles. The number of carbonyl (C=O) groups excluding carboxylic acids is 1. The molecule has 0 bridgehead atoms. The van der Waals surface area contributed by atoms with Crippen molar-refractivity contribution < 1.29 is 23.8 Å². The molecule has 1 fully saturated rings. The molecule has 114 valence electrons. The highest BCUT2D eigenvalue weighted by Gasteiger charge is 2.32. The summed E-state index contributed by atoms with van der Waals surface area (Å²) in [5.41, 5.74) is 0.336. The molecule has 1 aromatic rings. The predicted molar refractivity (Wildman–Crippen MR) is 73.9 cm³/mol. The van der Waals surface area contributed by atoms with E-state index in [-0.39, 0.29) is 24.1 Å². The van der Waals surface area contributed by atoms with E-state index < -0.39 is 11.8 Å². The Morgan fingerprint density at radius 1 is 1.48 bits per heavy atom. The summed E-state index contributed by atoms with van der Waals surface area (Å²) in [6.07, 6.45) is 0.0570. The molecule has 0 aromatic heterocycles. The van der Waals surface area contributed by atoms with E-state index in [0.29, 0.717) is 25.4 Å². The van der Waals surface area contributed by atoms with Crippen molar-refractivity contribution in [1.82, 2.24) is 4.90 Å². The molecule has 1 heterocycles. The van der Waals surface area contributed by atoms with Gasteiger partial charge in [0.05, 0.1) is 13.0 Å². The number of ether oxygens (including phenoxy) is 1. The molecule has 0 saturated carbocycles. The van der Waals surface area contributed by atoms with Gasteiger partial charge in [-0.3, -0.25) is 4.79 Å². The molecule has 0 unspecified atom stereocenters. The van der Waals surface area contributed by atoms with Crippen LogP contribution in [0.15, 0.2) is 18.2 Å². The number of amides is 2. The van der Waals surface area contributed by atoms with E-state index in [4.69, 9.17) is 9.84 Å². The van der Waals surface area contributed by atoms with Crippen LogP contribution in [0, 0.1) is 11.7 Å². The van der Waals surface area contributed by atoms with Gasteiger partial charge in [0.2, 0.25) is 0 Å². The lowest BCUT2D eigenvalue weighted by Crippen LogP contribution is -2.52. The molecule has 2 rings (SSSR count). The Hall–Kier alpha value is -2.31. The van der Waals surface area contributed by atoms with Crippen LogP contribution in [0.5, 0.6) is 5.75 Å². The molecule has 0 radical (unpaired) electrons. The highest BCUT2D eigenvalue weighted by Crippen LogP contribution is 2.23. The largest absolute Gasteiger partial charge is 0.491 e. The minimum absolute atomic E-state index is 0.00897. The van der Waals surface area contributed by atoms with Crippen LogP contribution in [-0.4, -0.2) is 41.7 Å². The van der Waals surface area contributed by atoms with Crippen LogP contribution in [0.2, 0.25) is 0 Å². The Balaban J connectivity index is 1.86. The number of aliphatic carboxylic acids is 1. The minimum atomic E-state index is -0.867. The first-order valence-electron chi connectivity index (χ1n) is 6.69. The summed E-state index contributed by atoms with van der Waals surface area (Å²) in [5, 5.41) is 11.2. The Morgan fingerprint density at radius 3 is 2.76 bits per heavy atom. The fraction of sp³-hybridized carbons (Fsp3) is 0.429. The number of rotatable bonds is 5. The summed E-state index contributed by atoms with van der Waals surface area (Å²) in [6.45, 7) is 2.92. The number of hydrogen-bond acceptors (Lipinski definition) is 3. The van der Waals surface area contributed by atoms with E-state index in [9.17, 15) is 14.0 Å². The zero-order chi connectivity index (χ0) is 15.4. The highest BCUT2D eigenvalue weighted by molar-refractivity contribution is 5.90. The van der Waals surface area contributed by atoms with E-state index >= 15 is 0 Å². The molecule has 0 atom stereocenters. The van der Waals surface area contributed by atoms with Crippen molar-refractivity contribution in [2.75, 3.05) is 25.0 Å². The van der Waals surface area contributed by atoms with Gasteiger partial charge in [0, 0.05) is 30.8 Å². The smallest absolute Gasteiger partial charge is 0.321 e. The van der Waals surface area contributed by atoms with E-state index in [1.807, 2.05) is 0 Å². The number of nitrogens with zero attached hydrogens (tertiary/aromatic N) is 1. The molecule has 2 amide bonds. The van der Waals surface area contributed by atoms with Crippen molar-refractivity contribution in [2.24, 2.45) is 5.92 Å². The maximum Gasteiger partial charge on any atom is 0.321 e. The van der Waals surface area contributed by atoms with Crippen LogP contribution in [0.1, 0.15) is 13.3 Å². The molecule has 0 aliphatic carbocycles. The third-order valence-electron chi connectivity index (χ3n) is 3.19. The molecule has 1 aliphatic heterocycles. The Kier molecular flexibility index (Phi) is 4.62. The van der Waals surface area contributed by atoms with Gasteiger partial charge < -0.3 is 20.1 Å². The Morgan fingerprint density at radius 2 is 2.19 bits per heavy atom. The van der Waals surface area contributed by atoms with Crippen LogP contribution < -0.4 is 10.1 Å². The summed E-state index contributed by atoms with van der Waals surface area (Å²) in [4.78, 5) is 23.9. The number of likely N-dealkylation sites (tertiary alicyclic amines) is 1. The van der Waals surface area contributed by atoms with Crippen LogP contribution in [0.4, 0.5) is 14.9 Å². The van der Waals surface area contributed by atoms with Gasteiger partial charge in [0.25, 0.3) is 0 Å². The van der Waals surface area contributed by atoms with Crippen molar-refractivity contribution in [3.8, 4) is 5.75 Å². The normalized spacial score (nSPS) is 14.5. The molecule has 0 spiro atoms. The summed E-state index contributed by atoms with van der Waals surface area (Å²) < 4.78 is 18.7. The number of carboxylic acids is 1. The first-order chi connectivity index (χ1) is 9.99. The van der Waals surface area contributed by atoms with Gasteiger partial charge >= 0.3 is 12.0 Å². The molecule has 1 aliphatic rings. The standard InChI is InChI=1S/C14H17FN2O4/c1-2-21-12-4-3-10(6-11(12)15)16-14(20)17-7-9(8-17)5-13(18)19/h3-4,6,9H,2,5,7-8H2,1H3,(H,16,20)(H,18,19). The lowest BCUT2D eigenvalue weighted by atomic mass is 9.97. The predicted octanol–water partition coefficient (Wildman–Crippen LogP) is 2.16. The van der Waals surface area contributed by atoms with Crippen LogP contribution >= 0.6 is 0 Å². The highest BCUT2D eigenvalue weighted by atomic mass is 19.1. The van der Waals surface area contributed by atoms with E-state index in [2.05, 4.69) is 5.32 Å². The topological polar surface area (TPSA) is 78.9 Å². The fourth-order valence-corrected chi connectivity index (χ4v) is 2.17. The van der Waals surface area contributed by atoms with Crippen molar-refractivity contribution in [2.45, 2.75) is 13.3 Å². The van der Waals surface area contributed by atoms with Crippen molar-refractivity contribution >= 4 is 17.7 Å². The molecule has 7 heteroatoms. The van der Waals surface area contributed by atoms with Gasteiger partial charge in [-0.1, -0.05) is 0 Å². The molecular formula is C14H17FN2O4. The summed E-state index contributed by atoms with van der Waals surface area (Å²) in [5.74, 6) is -1.28. The zero-order valence-corrected chi connectivity index (χ0v) is 11.6. The molecule has 21 heavy (non-hydrogen) atoms. The van der Waals surface area contributed by atoms with Gasteiger partial charge in [-0.2, -0.15) is 0 Å². The van der Waals surface area contributed by atoms with Gasteiger partial charge in [-0.25, -0.2) is 9.18 Å². The van der Waals surface area contributed by atoms with Gasteiger partial charge in [0.1, 0.15) is 0 Å². The monoisotopic (exact) mass is 296 g/mol. The van der Waals surface area contributed by atoms with E-state index in [0.717, 1.165) is 0 Å². The lowest BCUT2D eigenvalue weighted by molar-refractivity contribution is -0.139. The number of anilines is 1. The maximum atomic E-state index is 13.6. The second-order valence-corrected chi connectivity index (χ2v) is 4.88. The van der Waals surface area contributed by atoms with Crippen LogP contribution in [0.3, 0.4) is 0 Å². The average molecular weight is 296 g/mol. The second-order valence-electron chi connectivity index (χ2n) is 4.88. The second kappa shape index (κ2) is 6.43. The number of carbonyl (C=O) groups is 2. The quantitative estimate of drug-likeness (QED) is 0.872. The number of nitrogens with one attached hydrogen (secondary N) is 1. The number of hydrogen-bond donors (Lipinski definition) is 2. The Bertz CT molecular complexity index is 544. The molecule has 2 N–H and O–H groups in total. The fourth-order valence-electron chi connectivity index (χ4n) is 2.17. The minimum Gasteiger partial charge on any atom is -0.491 e. The number of benzene rings is 1. The molecule has 6 nitrogen and oxygen atoms in total. The van der Waals surface area contributed by atoms with E-state index in [1.165, 1.54) is 17.0 Å².